The topological polar surface area (TPSA) is 117 Å². The highest BCUT2D eigenvalue weighted by Crippen LogP contribution is 2.34. The van der Waals surface area contributed by atoms with E-state index in [0.717, 1.165) is 47.9 Å². The van der Waals surface area contributed by atoms with Crippen LogP contribution >= 0.6 is 23.2 Å². The van der Waals surface area contributed by atoms with E-state index in [0.29, 0.717) is 66.3 Å². The number of rotatable bonds is 19. The van der Waals surface area contributed by atoms with Gasteiger partial charge in [-0.25, -0.2) is 0 Å². The number of methoxy groups -OCH3 is 1. The van der Waals surface area contributed by atoms with Crippen LogP contribution in [0, 0.1) is 12.8 Å². The van der Waals surface area contributed by atoms with Crippen molar-refractivity contribution in [3.05, 3.63) is 86.9 Å². The lowest BCUT2D eigenvalue weighted by Crippen LogP contribution is -2.41. The van der Waals surface area contributed by atoms with Crippen LogP contribution in [0.25, 0.3) is 0 Å². The number of ether oxygens (including phenoxy) is 4. The van der Waals surface area contributed by atoms with E-state index in [1.165, 1.54) is 0 Å². The van der Waals surface area contributed by atoms with Gasteiger partial charge in [0.05, 0.1) is 16.0 Å². The van der Waals surface area contributed by atoms with Crippen LogP contribution in [0.1, 0.15) is 61.3 Å². The second-order valence-electron chi connectivity index (χ2n) is 12.3. The predicted octanol–water partition coefficient (Wildman–Crippen LogP) is 6.84. The average molecular weight is 734 g/mol. The lowest BCUT2D eigenvalue weighted by molar-refractivity contribution is -0.136. The van der Waals surface area contributed by atoms with Gasteiger partial charge in [-0.15, -0.1) is 0 Å². The van der Waals surface area contributed by atoms with E-state index in [4.69, 9.17) is 47.9 Å². The van der Waals surface area contributed by atoms with Crippen molar-refractivity contribution in [1.82, 2.24) is 4.90 Å². The van der Waals surface area contributed by atoms with Crippen LogP contribution in [0.15, 0.2) is 54.6 Å². The first-order valence-corrected chi connectivity index (χ1v) is 18.5. The summed E-state index contributed by atoms with van der Waals surface area (Å²) in [7, 11) is -0.796. The van der Waals surface area contributed by atoms with Gasteiger partial charge in [-0.3, -0.25) is 4.79 Å². The molecule has 9 nitrogen and oxygen atoms in total. The van der Waals surface area contributed by atoms with Crippen LogP contribution in [0.4, 0.5) is 0 Å². The highest BCUT2D eigenvalue weighted by atomic mass is 35.5. The van der Waals surface area contributed by atoms with Gasteiger partial charge >= 0.3 is 0 Å². The van der Waals surface area contributed by atoms with Gasteiger partial charge in [-0.05, 0) is 104 Å². The molecular weight excluding hydrogens is 687 g/mol. The molecular formula is C37H46Cl2N2O7S. The molecule has 49 heavy (non-hydrogen) atoms. The maximum Gasteiger partial charge on any atom is 0.253 e. The van der Waals surface area contributed by atoms with E-state index in [-0.39, 0.29) is 30.2 Å². The fourth-order valence-corrected chi connectivity index (χ4v) is 6.80. The third kappa shape index (κ3) is 11.9. The van der Waals surface area contributed by atoms with Crippen LogP contribution in [-0.4, -0.2) is 63.8 Å². The molecule has 1 amide bonds. The fourth-order valence-electron chi connectivity index (χ4n) is 5.56. The molecule has 1 unspecified atom stereocenters. The largest absolute Gasteiger partial charge is 0.490 e. The van der Waals surface area contributed by atoms with E-state index in [2.05, 4.69) is 6.07 Å². The van der Waals surface area contributed by atoms with Crippen molar-refractivity contribution in [3.8, 4) is 17.2 Å². The Hall–Kier alpha value is -3.28. The smallest absolute Gasteiger partial charge is 0.253 e. The molecule has 2 N–H and O–H groups in total. The van der Waals surface area contributed by atoms with Gasteiger partial charge < -0.3 is 29.6 Å². The van der Waals surface area contributed by atoms with Crippen molar-refractivity contribution in [3.63, 3.8) is 0 Å². The summed E-state index contributed by atoms with van der Waals surface area (Å²) in [5.74, 6) is 1.16. The Bertz CT molecular complexity index is 1660. The first kappa shape index (κ1) is 38.5. The van der Waals surface area contributed by atoms with Gasteiger partial charge in [0.1, 0.15) is 24.7 Å². The molecule has 0 aliphatic heterocycles. The summed E-state index contributed by atoms with van der Waals surface area (Å²) in [4.78, 5) is 15.9. The van der Waals surface area contributed by atoms with Crippen molar-refractivity contribution in [2.75, 3.05) is 33.5 Å². The highest BCUT2D eigenvalue weighted by Gasteiger charge is 2.35. The summed E-state index contributed by atoms with van der Waals surface area (Å²) in [6.45, 7) is 5.56. The predicted molar refractivity (Wildman–Crippen MR) is 195 cm³/mol. The number of carbonyl (C=O) groups is 1. The molecule has 1 saturated carbocycles. The van der Waals surface area contributed by atoms with Crippen molar-refractivity contribution >= 4 is 44.5 Å². The van der Waals surface area contributed by atoms with E-state index < -0.39 is 16.2 Å². The third-order valence-electron chi connectivity index (χ3n) is 8.12. The quantitative estimate of drug-likeness (QED) is 0.105. The van der Waals surface area contributed by atoms with Gasteiger partial charge in [0.2, 0.25) is 11.0 Å². The molecule has 0 spiro atoms. The SMILES string of the molecule is CCCC(Oc1cc(CCCOC)cc(CN(C(=O)C(CN)Cc2ccc(OCCOc3c(Cl)cc(C)cc3Cl)cc2)C2CC2)c1)=S(=O)=O. The number of hydrogen-bond acceptors (Lipinski definition) is 8. The zero-order valence-electron chi connectivity index (χ0n) is 28.4. The summed E-state index contributed by atoms with van der Waals surface area (Å²) in [6.07, 6.45) is 4.83. The van der Waals surface area contributed by atoms with Gasteiger partial charge in [0.25, 0.3) is 10.3 Å². The summed E-state index contributed by atoms with van der Waals surface area (Å²) < 4.78 is 46.3. The fraction of sp³-hybridized carbons (Fsp3) is 0.459. The van der Waals surface area contributed by atoms with Crippen LogP contribution in [0.5, 0.6) is 17.2 Å². The first-order valence-electron chi connectivity index (χ1n) is 16.7. The lowest BCUT2D eigenvalue weighted by atomic mass is 9.97. The maximum absolute atomic E-state index is 14.0. The van der Waals surface area contributed by atoms with Gasteiger partial charge in [0, 0.05) is 39.3 Å². The molecule has 0 saturated heterocycles. The Morgan fingerprint density at radius 2 is 1.61 bits per heavy atom. The molecule has 4 rings (SSSR count). The maximum atomic E-state index is 14.0. The monoisotopic (exact) mass is 732 g/mol. The number of halogens is 2. The molecule has 3 aromatic rings. The number of amides is 1. The van der Waals surface area contributed by atoms with Crippen LogP contribution in [0.3, 0.4) is 0 Å². The Morgan fingerprint density at radius 1 is 0.939 bits per heavy atom. The Labute approximate surface area is 301 Å². The van der Waals surface area contributed by atoms with Crippen molar-refractivity contribution in [2.45, 2.75) is 71.4 Å². The molecule has 3 aromatic carbocycles. The third-order valence-corrected chi connectivity index (χ3v) is 9.34. The van der Waals surface area contributed by atoms with E-state index >= 15 is 0 Å². The van der Waals surface area contributed by atoms with Crippen LogP contribution in [-0.2, 0) is 39.2 Å². The van der Waals surface area contributed by atoms with Crippen molar-refractivity contribution < 1.29 is 32.2 Å². The van der Waals surface area contributed by atoms with Gasteiger partial charge in [0.15, 0.2) is 5.75 Å². The molecule has 266 valence electrons. The Morgan fingerprint density at radius 3 is 2.22 bits per heavy atom. The highest BCUT2D eigenvalue weighted by molar-refractivity contribution is 7.72. The molecule has 1 aliphatic carbocycles. The van der Waals surface area contributed by atoms with Gasteiger partial charge in [-0.2, -0.15) is 8.42 Å². The zero-order valence-corrected chi connectivity index (χ0v) is 30.7. The molecule has 0 aromatic heterocycles. The molecule has 0 heterocycles. The number of aryl methyl sites for hydroxylation is 2. The molecule has 1 aliphatic rings. The number of benzene rings is 3. The summed E-state index contributed by atoms with van der Waals surface area (Å²) in [5.41, 5.74) is 9.99. The second kappa shape index (κ2) is 19.2. The Balaban J connectivity index is 1.40. The van der Waals surface area contributed by atoms with E-state index in [9.17, 15) is 13.2 Å². The Kier molecular flexibility index (Phi) is 15.1. The van der Waals surface area contributed by atoms with Gasteiger partial charge in [-0.1, -0.05) is 48.3 Å². The average Bonchev–Trinajstić information content (AvgIpc) is 3.91. The van der Waals surface area contributed by atoms with Crippen LogP contribution in [0.2, 0.25) is 10.0 Å². The number of nitrogens with two attached hydrogens (primary N) is 1. The standard InChI is InChI=1S/C37H46Cl2N2O7S/c1-4-6-35(49(43)44)48-32-21-27(7-5-14-45-3)19-28(22-32)24-41(30-10-11-30)37(42)29(23-40)20-26-8-12-31(13-9-26)46-15-16-47-36-33(38)17-25(2)18-34(36)39/h8-9,12-13,17-19,21-22,29-30H,4-7,10-11,14-16,20,23-24,40H2,1-3H3. The molecule has 1 fully saturated rings. The molecule has 12 heteroatoms. The number of carbonyl (C=O) groups excluding carboxylic acids is 1. The van der Waals surface area contributed by atoms with Crippen molar-refractivity contribution in [2.24, 2.45) is 11.7 Å². The first-order chi connectivity index (χ1) is 23.6. The molecule has 1 atom stereocenters. The van der Waals surface area contributed by atoms with Crippen LogP contribution < -0.4 is 19.9 Å². The molecule has 0 radical (unpaired) electrons. The summed E-state index contributed by atoms with van der Waals surface area (Å²) >= 11 is 12.5. The van der Waals surface area contributed by atoms with Crippen molar-refractivity contribution in [1.29, 1.82) is 0 Å². The normalized spacial score (nSPS) is 13.1. The number of nitrogens with zero attached hydrogens (tertiary/aromatic N) is 1. The zero-order chi connectivity index (χ0) is 35.3. The van der Waals surface area contributed by atoms with E-state index in [1.807, 2.05) is 55.1 Å². The molecule has 0 bridgehead atoms. The summed E-state index contributed by atoms with van der Waals surface area (Å²) in [5, 5.41) is 0.916. The minimum Gasteiger partial charge on any atom is -0.490 e. The summed E-state index contributed by atoms with van der Waals surface area (Å²) in [6, 6.07) is 17.1. The lowest BCUT2D eigenvalue weighted by Gasteiger charge is -2.27. The number of hydrogen-bond donors (Lipinski definition) is 1. The van der Waals surface area contributed by atoms with E-state index in [1.54, 1.807) is 19.2 Å². The minimum absolute atomic E-state index is 0.00190. The minimum atomic E-state index is -2.46. The second-order valence-corrected chi connectivity index (χ2v) is 14.0.